The molecule has 14 nitrogen and oxygen atoms in total. The van der Waals surface area contributed by atoms with E-state index in [0.717, 1.165) is 19.3 Å². The number of hydrogen-bond donors (Lipinski definition) is 9. The Kier molecular flexibility index (Phi) is 20.9. The molecule has 0 aliphatic heterocycles. The first kappa shape index (κ1) is 36.7. The van der Waals surface area contributed by atoms with Crippen LogP contribution >= 0.6 is 0 Å². The van der Waals surface area contributed by atoms with E-state index in [-0.39, 0.29) is 11.9 Å². The van der Waals surface area contributed by atoms with Crippen molar-refractivity contribution in [2.45, 2.75) is 108 Å². The molecule has 1 atom stereocenters. The molecule has 0 unspecified atom stereocenters. The standard InChI is InChI=1S/C18H36N4O3.C6H8O7/c1-2-3-4-5-6-7-8-9-10-13-16(23)22-15(17(24)25)12-11-14-21-18(19)20;7-3(8)1-6(13,5(11)12)2-4(9)10/h15H,2-14H2,1H3,(H,22,23)(H,24,25)(H4,19,20,21);13H,1-2H2,(H,7,8)(H,9,10)(H,11,12)/t15-;/m0./s1. The fourth-order valence-corrected chi connectivity index (χ4v) is 3.36. The zero-order valence-corrected chi connectivity index (χ0v) is 22.0. The average molecular weight is 549 g/mol. The molecule has 0 spiro atoms. The lowest BCUT2D eigenvalue weighted by Gasteiger charge is -2.18. The molecule has 0 bridgehead atoms. The molecule has 0 aromatic heterocycles. The van der Waals surface area contributed by atoms with Gasteiger partial charge >= 0.3 is 23.9 Å². The quantitative estimate of drug-likeness (QED) is 0.0561. The predicted octanol–water partition coefficient (Wildman–Crippen LogP) is 1.49. The van der Waals surface area contributed by atoms with E-state index in [9.17, 15) is 24.0 Å². The van der Waals surface area contributed by atoms with Crippen LogP contribution in [0, 0.1) is 5.41 Å². The van der Waals surface area contributed by atoms with Crippen molar-refractivity contribution in [1.82, 2.24) is 10.6 Å². The Bertz CT molecular complexity index is 744. The molecular formula is C24H44N4O10. The van der Waals surface area contributed by atoms with Crippen LogP contribution in [0.1, 0.15) is 96.8 Å². The van der Waals surface area contributed by atoms with Crippen LogP contribution in [0.15, 0.2) is 0 Å². The molecule has 0 aliphatic rings. The molecule has 1 amide bonds. The van der Waals surface area contributed by atoms with Gasteiger partial charge < -0.3 is 41.9 Å². The third kappa shape index (κ3) is 21.8. The van der Waals surface area contributed by atoms with Crippen LogP contribution in [0.25, 0.3) is 0 Å². The number of guanidine groups is 1. The van der Waals surface area contributed by atoms with E-state index in [4.69, 9.17) is 36.7 Å². The molecule has 0 radical (unpaired) electrons. The van der Waals surface area contributed by atoms with Gasteiger partial charge in [0.2, 0.25) is 5.91 Å². The molecule has 0 saturated heterocycles. The number of carboxylic acid groups (broad SMARTS) is 4. The predicted molar refractivity (Wildman–Crippen MR) is 138 cm³/mol. The first-order chi connectivity index (χ1) is 17.7. The molecule has 0 rings (SSSR count). The van der Waals surface area contributed by atoms with Crippen molar-refractivity contribution in [2.24, 2.45) is 5.73 Å². The number of unbranched alkanes of at least 4 members (excludes halogenated alkanes) is 8. The van der Waals surface area contributed by atoms with Gasteiger partial charge in [-0.15, -0.1) is 0 Å². The molecule has 0 aromatic carbocycles. The van der Waals surface area contributed by atoms with Crippen molar-refractivity contribution >= 4 is 35.7 Å². The monoisotopic (exact) mass is 548 g/mol. The molecule has 0 heterocycles. The Labute approximate surface area is 222 Å². The normalized spacial score (nSPS) is 11.4. The molecular weight excluding hydrogens is 504 g/mol. The van der Waals surface area contributed by atoms with E-state index in [2.05, 4.69) is 17.6 Å². The van der Waals surface area contributed by atoms with Crippen molar-refractivity contribution in [3.63, 3.8) is 0 Å². The highest BCUT2D eigenvalue weighted by molar-refractivity contribution is 5.88. The summed E-state index contributed by atoms with van der Waals surface area (Å²) in [6.45, 7) is 2.64. The summed E-state index contributed by atoms with van der Waals surface area (Å²) in [7, 11) is 0. The molecule has 38 heavy (non-hydrogen) atoms. The highest BCUT2D eigenvalue weighted by Crippen LogP contribution is 2.15. The van der Waals surface area contributed by atoms with Crippen LogP contribution in [0.4, 0.5) is 0 Å². The van der Waals surface area contributed by atoms with Gasteiger partial charge in [-0.2, -0.15) is 0 Å². The number of aliphatic carboxylic acids is 4. The summed E-state index contributed by atoms with van der Waals surface area (Å²) in [5, 5.41) is 55.2. The maximum atomic E-state index is 11.9. The first-order valence-electron chi connectivity index (χ1n) is 12.7. The van der Waals surface area contributed by atoms with Crippen LogP contribution in [0.2, 0.25) is 0 Å². The summed E-state index contributed by atoms with van der Waals surface area (Å²) in [4.78, 5) is 53.5. The van der Waals surface area contributed by atoms with E-state index >= 15 is 0 Å². The second kappa shape index (κ2) is 21.6. The fraction of sp³-hybridized carbons (Fsp3) is 0.750. The fourth-order valence-electron chi connectivity index (χ4n) is 3.36. The largest absolute Gasteiger partial charge is 0.481 e. The number of nitrogens with one attached hydrogen (secondary N) is 3. The van der Waals surface area contributed by atoms with Gasteiger partial charge in [-0.3, -0.25) is 19.8 Å². The summed E-state index contributed by atoms with van der Waals surface area (Å²) in [6, 6.07) is -0.875. The Morgan fingerprint density at radius 1 is 0.816 bits per heavy atom. The Morgan fingerprint density at radius 3 is 1.68 bits per heavy atom. The number of carbonyl (C=O) groups excluding carboxylic acids is 1. The van der Waals surface area contributed by atoms with Crippen LogP contribution in [0.5, 0.6) is 0 Å². The smallest absolute Gasteiger partial charge is 0.336 e. The van der Waals surface area contributed by atoms with Gasteiger partial charge in [0.1, 0.15) is 6.04 Å². The highest BCUT2D eigenvalue weighted by atomic mass is 16.4. The average Bonchev–Trinajstić information content (AvgIpc) is 2.79. The molecule has 0 aromatic rings. The van der Waals surface area contributed by atoms with E-state index in [1.165, 1.54) is 38.5 Å². The lowest BCUT2D eigenvalue weighted by atomic mass is 9.96. The Balaban J connectivity index is 0. The number of carbonyl (C=O) groups is 5. The minimum absolute atomic E-state index is 0.138. The van der Waals surface area contributed by atoms with Gasteiger partial charge in [0.25, 0.3) is 0 Å². The number of amides is 1. The third-order valence-corrected chi connectivity index (χ3v) is 5.41. The van der Waals surface area contributed by atoms with Crippen molar-refractivity contribution < 1.29 is 49.5 Å². The van der Waals surface area contributed by atoms with Crippen molar-refractivity contribution in [1.29, 1.82) is 5.41 Å². The van der Waals surface area contributed by atoms with Crippen LogP contribution in [0.3, 0.4) is 0 Å². The zero-order valence-electron chi connectivity index (χ0n) is 22.0. The molecule has 0 fully saturated rings. The third-order valence-electron chi connectivity index (χ3n) is 5.41. The van der Waals surface area contributed by atoms with Gasteiger partial charge in [0.15, 0.2) is 11.6 Å². The van der Waals surface area contributed by atoms with Crippen LogP contribution < -0.4 is 16.4 Å². The van der Waals surface area contributed by atoms with E-state index in [1.807, 2.05) is 0 Å². The SMILES string of the molecule is CCCCCCCCCCCC(=O)N[C@@H](CCCNC(=N)N)C(=O)O.O=C(O)CC(O)(CC(=O)O)C(=O)O. The Hall–Kier alpha value is -3.42. The van der Waals surface area contributed by atoms with E-state index in [1.54, 1.807) is 0 Å². The van der Waals surface area contributed by atoms with Gasteiger partial charge in [0, 0.05) is 13.0 Å². The second-order valence-electron chi connectivity index (χ2n) is 9.00. The zero-order chi connectivity index (χ0) is 29.6. The number of aliphatic hydroxyl groups is 1. The number of rotatable bonds is 21. The summed E-state index contributed by atoms with van der Waals surface area (Å²) < 4.78 is 0. The van der Waals surface area contributed by atoms with Crippen LogP contribution in [-0.2, 0) is 24.0 Å². The van der Waals surface area contributed by atoms with Gasteiger partial charge in [-0.1, -0.05) is 58.3 Å². The lowest BCUT2D eigenvalue weighted by Crippen LogP contribution is -2.42. The maximum absolute atomic E-state index is 11.9. The lowest BCUT2D eigenvalue weighted by molar-refractivity contribution is -0.170. The molecule has 0 saturated carbocycles. The van der Waals surface area contributed by atoms with E-state index in [0.29, 0.717) is 25.8 Å². The van der Waals surface area contributed by atoms with Gasteiger partial charge in [-0.25, -0.2) is 9.59 Å². The topological polar surface area (TPSA) is 260 Å². The first-order valence-corrected chi connectivity index (χ1v) is 12.7. The molecule has 10 N–H and O–H groups in total. The van der Waals surface area contributed by atoms with Crippen molar-refractivity contribution in [3.8, 4) is 0 Å². The maximum Gasteiger partial charge on any atom is 0.336 e. The van der Waals surface area contributed by atoms with Crippen molar-refractivity contribution in [2.75, 3.05) is 6.54 Å². The minimum Gasteiger partial charge on any atom is -0.481 e. The van der Waals surface area contributed by atoms with Crippen LogP contribution in [-0.4, -0.2) is 79.5 Å². The number of carboxylic acids is 4. The number of nitrogens with two attached hydrogens (primary N) is 1. The van der Waals surface area contributed by atoms with Gasteiger partial charge in [-0.05, 0) is 19.3 Å². The van der Waals surface area contributed by atoms with Gasteiger partial charge in [0.05, 0.1) is 12.8 Å². The number of hydrogen-bond acceptors (Lipinski definition) is 7. The summed E-state index contributed by atoms with van der Waals surface area (Å²) >= 11 is 0. The second-order valence-corrected chi connectivity index (χ2v) is 9.00. The highest BCUT2D eigenvalue weighted by Gasteiger charge is 2.40. The summed E-state index contributed by atoms with van der Waals surface area (Å²) in [6.07, 6.45) is 9.56. The summed E-state index contributed by atoms with van der Waals surface area (Å²) in [5.74, 6) is -6.38. The van der Waals surface area contributed by atoms with E-state index < -0.39 is 48.4 Å². The minimum atomic E-state index is -2.74. The Morgan fingerprint density at radius 2 is 1.29 bits per heavy atom. The molecule has 0 aliphatic carbocycles. The molecule has 14 heteroatoms. The van der Waals surface area contributed by atoms with Crippen molar-refractivity contribution in [3.05, 3.63) is 0 Å². The molecule has 220 valence electrons. The summed E-state index contributed by atoms with van der Waals surface area (Å²) in [5.41, 5.74) is 2.42.